The summed E-state index contributed by atoms with van der Waals surface area (Å²) >= 11 is 0. The second-order valence-corrected chi connectivity index (χ2v) is 16.7. The number of nitrogens with zero attached hydrogens (tertiary/aromatic N) is 3. The number of piperidine rings is 2. The van der Waals surface area contributed by atoms with Crippen molar-refractivity contribution in [3.8, 4) is 0 Å². The Morgan fingerprint density at radius 3 is 1.44 bits per heavy atom. The van der Waals surface area contributed by atoms with Crippen molar-refractivity contribution >= 4 is 72.8 Å². The standard InChI is InChI=1S/C24H30N4O2.C23H29N3O/c1-14(2)28-19-8-6-5-7-18(19)21-16(4)22(15(3)13-20(21)28)26-23(29)17-9-11-27(12-10-17)24(25)30;1-14(2)26-19-8-6-5-7-18(19)21-16(4)22(15(3)13-20(21)26)25-23(27)17-9-11-24-12-10-17/h5-8,13-14,17H,9-12H2,1-4H3,(H2,25,30)(H,26,29);5-8,13-14,17,24H,9-12H2,1-4H3,(H,25,27). The number of anilines is 2. The van der Waals surface area contributed by atoms with Gasteiger partial charge in [-0.2, -0.15) is 0 Å². The van der Waals surface area contributed by atoms with E-state index in [1.807, 2.05) is 0 Å². The molecule has 0 spiro atoms. The van der Waals surface area contributed by atoms with Gasteiger partial charge in [0.1, 0.15) is 0 Å². The highest BCUT2D eigenvalue weighted by atomic mass is 16.2. The fourth-order valence-corrected chi connectivity index (χ4v) is 9.43. The zero-order chi connectivity index (χ0) is 40.7. The number of hydrogen-bond acceptors (Lipinski definition) is 4. The van der Waals surface area contributed by atoms with Gasteiger partial charge < -0.3 is 35.7 Å². The lowest BCUT2D eigenvalue weighted by atomic mass is 9.95. The van der Waals surface area contributed by atoms with Gasteiger partial charge in [0.15, 0.2) is 0 Å². The Kier molecular flexibility index (Phi) is 11.4. The van der Waals surface area contributed by atoms with Gasteiger partial charge in [-0.25, -0.2) is 4.79 Å². The van der Waals surface area contributed by atoms with E-state index in [1.54, 1.807) is 4.90 Å². The lowest BCUT2D eigenvalue weighted by molar-refractivity contribution is -0.121. The predicted octanol–water partition coefficient (Wildman–Crippen LogP) is 9.65. The van der Waals surface area contributed by atoms with E-state index >= 15 is 0 Å². The van der Waals surface area contributed by atoms with Crippen LogP contribution in [0.2, 0.25) is 0 Å². The average Bonchev–Trinajstić information content (AvgIpc) is 3.71. The molecule has 2 saturated heterocycles. The molecule has 0 atom stereocenters. The molecular weight excluding hydrogens is 711 g/mol. The number of rotatable bonds is 6. The lowest BCUT2D eigenvalue weighted by Crippen LogP contribution is -2.43. The number of aromatic nitrogens is 2. The molecule has 6 aromatic rings. The van der Waals surface area contributed by atoms with Crippen LogP contribution in [0, 0.1) is 39.5 Å². The Morgan fingerprint density at radius 1 is 0.632 bits per heavy atom. The average molecular weight is 770 g/mol. The molecule has 4 heterocycles. The van der Waals surface area contributed by atoms with E-state index in [2.05, 4.69) is 141 Å². The normalized spacial score (nSPS) is 15.5. The van der Waals surface area contributed by atoms with E-state index in [-0.39, 0.29) is 23.7 Å². The number of nitrogens with two attached hydrogens (primary N) is 1. The number of nitrogens with one attached hydrogen (secondary N) is 3. The van der Waals surface area contributed by atoms with E-state index in [0.29, 0.717) is 38.0 Å². The summed E-state index contributed by atoms with van der Waals surface area (Å²) in [6, 6.07) is 21.8. The van der Waals surface area contributed by atoms with Crippen LogP contribution in [-0.2, 0) is 9.59 Å². The van der Waals surface area contributed by atoms with Crippen LogP contribution in [0.25, 0.3) is 43.6 Å². The molecule has 2 fully saturated rings. The molecule has 10 nitrogen and oxygen atoms in total. The summed E-state index contributed by atoms with van der Waals surface area (Å²) in [5, 5.41) is 14.7. The number of para-hydroxylation sites is 2. The number of urea groups is 1. The Morgan fingerprint density at radius 2 is 1.04 bits per heavy atom. The third-order valence-electron chi connectivity index (χ3n) is 12.3. The first-order valence-corrected chi connectivity index (χ1v) is 20.7. The molecule has 57 heavy (non-hydrogen) atoms. The Bertz CT molecular complexity index is 2490. The highest BCUT2D eigenvalue weighted by Crippen LogP contribution is 2.40. The van der Waals surface area contributed by atoms with E-state index in [1.165, 1.54) is 49.2 Å². The summed E-state index contributed by atoms with van der Waals surface area (Å²) in [6.07, 6.45) is 3.11. The monoisotopic (exact) mass is 769 g/mol. The first-order valence-electron chi connectivity index (χ1n) is 20.7. The van der Waals surface area contributed by atoms with Gasteiger partial charge in [-0.15, -0.1) is 0 Å². The number of primary amides is 1. The molecule has 0 radical (unpaired) electrons. The van der Waals surface area contributed by atoms with Crippen molar-refractivity contribution in [3.05, 3.63) is 82.9 Å². The number of hydrogen-bond donors (Lipinski definition) is 4. The quantitative estimate of drug-likeness (QED) is 0.135. The molecule has 0 aliphatic carbocycles. The first-order chi connectivity index (χ1) is 27.3. The summed E-state index contributed by atoms with van der Waals surface area (Å²) in [7, 11) is 0. The molecule has 2 aliphatic heterocycles. The summed E-state index contributed by atoms with van der Waals surface area (Å²) < 4.78 is 4.78. The van der Waals surface area contributed by atoms with Crippen molar-refractivity contribution in [1.29, 1.82) is 0 Å². The third-order valence-corrected chi connectivity index (χ3v) is 12.3. The van der Waals surface area contributed by atoms with Gasteiger partial charge >= 0.3 is 6.03 Å². The van der Waals surface area contributed by atoms with Crippen LogP contribution in [0.1, 0.15) is 87.7 Å². The second kappa shape index (κ2) is 16.3. The van der Waals surface area contributed by atoms with Gasteiger partial charge in [0.25, 0.3) is 0 Å². The molecule has 10 heteroatoms. The van der Waals surface area contributed by atoms with Crippen molar-refractivity contribution in [3.63, 3.8) is 0 Å². The van der Waals surface area contributed by atoms with Gasteiger partial charge in [0, 0.05) is 81.0 Å². The maximum absolute atomic E-state index is 13.0. The zero-order valence-corrected chi connectivity index (χ0v) is 34.9. The van der Waals surface area contributed by atoms with Gasteiger partial charge in [-0.1, -0.05) is 36.4 Å². The molecule has 0 bridgehead atoms. The molecule has 300 valence electrons. The molecular formula is C47H59N7O3. The summed E-state index contributed by atoms with van der Waals surface area (Å²) in [5.41, 5.74) is 16.6. The van der Waals surface area contributed by atoms with Gasteiger partial charge in [0.05, 0.1) is 11.0 Å². The molecule has 0 saturated carbocycles. The molecule has 8 rings (SSSR count). The molecule has 2 aromatic heterocycles. The van der Waals surface area contributed by atoms with Gasteiger partial charge in [-0.05, 0) is 141 Å². The summed E-state index contributed by atoms with van der Waals surface area (Å²) in [5.74, 6) is 0.191. The van der Waals surface area contributed by atoms with Crippen LogP contribution in [0.3, 0.4) is 0 Å². The van der Waals surface area contributed by atoms with Gasteiger partial charge in [-0.3, -0.25) is 9.59 Å². The minimum atomic E-state index is -0.410. The highest BCUT2D eigenvalue weighted by Gasteiger charge is 2.28. The van der Waals surface area contributed by atoms with Gasteiger partial charge in [0.2, 0.25) is 11.8 Å². The number of fused-ring (bicyclic) bond motifs is 6. The fraction of sp³-hybridized carbons (Fsp3) is 0.426. The van der Waals surface area contributed by atoms with Crippen molar-refractivity contribution < 1.29 is 14.4 Å². The van der Waals surface area contributed by atoms with E-state index in [9.17, 15) is 14.4 Å². The van der Waals surface area contributed by atoms with Crippen molar-refractivity contribution in [2.75, 3.05) is 36.8 Å². The van der Waals surface area contributed by atoms with E-state index in [4.69, 9.17) is 5.73 Å². The molecule has 5 N–H and O–H groups in total. The highest BCUT2D eigenvalue weighted by molar-refractivity contribution is 6.14. The minimum absolute atomic E-state index is 0.0252. The van der Waals surface area contributed by atoms with Crippen molar-refractivity contribution in [2.45, 2.75) is 93.2 Å². The summed E-state index contributed by atoms with van der Waals surface area (Å²) in [6.45, 7) is 20.2. The largest absolute Gasteiger partial charge is 0.351 e. The Labute approximate surface area is 336 Å². The topological polar surface area (TPSA) is 126 Å². The summed E-state index contributed by atoms with van der Waals surface area (Å²) in [4.78, 5) is 38.8. The van der Waals surface area contributed by atoms with Crippen LogP contribution in [0.5, 0.6) is 0 Å². The van der Waals surface area contributed by atoms with Crippen molar-refractivity contribution in [2.24, 2.45) is 17.6 Å². The van der Waals surface area contributed by atoms with Crippen LogP contribution in [0.4, 0.5) is 16.2 Å². The number of amides is 4. The molecule has 4 amide bonds. The number of benzene rings is 4. The maximum Gasteiger partial charge on any atom is 0.314 e. The fourth-order valence-electron chi connectivity index (χ4n) is 9.43. The number of likely N-dealkylation sites (tertiary alicyclic amines) is 1. The van der Waals surface area contributed by atoms with Crippen molar-refractivity contribution in [1.82, 2.24) is 19.4 Å². The molecule has 2 aliphatic rings. The van der Waals surface area contributed by atoms with Crippen LogP contribution in [-0.4, -0.2) is 58.1 Å². The van der Waals surface area contributed by atoms with E-state index < -0.39 is 6.03 Å². The Hall–Kier alpha value is -5.35. The van der Waals surface area contributed by atoms with E-state index in [0.717, 1.165) is 54.0 Å². The number of carbonyl (C=O) groups is 3. The SMILES string of the molecule is Cc1cc2c(c(C)c1NC(=O)C1CCN(C(N)=O)CC1)c1ccccc1n2C(C)C.Cc1cc2c(c(C)c1NC(=O)C1CCNCC1)c1ccccc1n2C(C)C. The third kappa shape index (κ3) is 7.47. The Balaban J connectivity index is 0.000000175. The molecule has 0 unspecified atom stereocenters. The minimum Gasteiger partial charge on any atom is -0.351 e. The zero-order valence-electron chi connectivity index (χ0n) is 34.9. The number of carbonyl (C=O) groups excluding carboxylic acids is 3. The maximum atomic E-state index is 13.0. The van der Waals surface area contributed by atoms with Crippen LogP contribution in [0.15, 0.2) is 60.7 Å². The second-order valence-electron chi connectivity index (χ2n) is 16.7. The van der Waals surface area contributed by atoms with Crippen LogP contribution < -0.4 is 21.7 Å². The predicted molar refractivity (Wildman–Crippen MR) is 235 cm³/mol. The lowest BCUT2D eigenvalue weighted by Gasteiger charge is -2.30. The molecule has 4 aromatic carbocycles. The van der Waals surface area contributed by atoms with Crippen LogP contribution >= 0.6 is 0 Å². The number of aryl methyl sites for hydroxylation is 4. The smallest absolute Gasteiger partial charge is 0.314 e. The first kappa shape index (κ1) is 39.9.